The molecule has 5 aliphatic rings. The summed E-state index contributed by atoms with van der Waals surface area (Å²) in [5.74, 6) is 1.37. The maximum atomic E-state index is 14.5. The van der Waals surface area contributed by atoms with Gasteiger partial charge in [0.2, 0.25) is 11.8 Å². The zero-order chi connectivity index (χ0) is 27.5. The second-order valence-corrected chi connectivity index (χ2v) is 14.7. The van der Waals surface area contributed by atoms with Crippen LogP contribution in [0.3, 0.4) is 0 Å². The predicted molar refractivity (Wildman–Crippen MR) is 143 cm³/mol. The Balaban J connectivity index is 1.53. The lowest BCUT2D eigenvalue weighted by Gasteiger charge is -2.68. The highest BCUT2D eigenvalue weighted by atomic mass is 16.4. The average molecular weight is 516 g/mol. The van der Waals surface area contributed by atoms with E-state index in [1.165, 1.54) is 0 Å². The van der Waals surface area contributed by atoms with Crippen molar-refractivity contribution in [2.75, 3.05) is 0 Å². The number of hydrogen-bond acceptors (Lipinski definition) is 6. The van der Waals surface area contributed by atoms with E-state index in [4.69, 9.17) is 4.42 Å². The minimum absolute atomic E-state index is 0.0489. The molecule has 0 aromatic carbocycles. The second-order valence-electron chi connectivity index (χ2n) is 14.7. The number of hydrogen-bond donors (Lipinski definition) is 0. The number of allylic oxidation sites excluding steroid dienone is 4. The first-order valence-electron chi connectivity index (χ1n) is 14.5. The lowest BCUT2D eigenvalue weighted by Crippen LogP contribution is -2.65. The Morgan fingerprint density at radius 1 is 1.00 bits per heavy atom. The van der Waals surface area contributed by atoms with Crippen LogP contribution in [-0.4, -0.2) is 21.8 Å². The molecule has 0 saturated heterocycles. The Morgan fingerprint density at radius 2 is 1.71 bits per heavy atom. The van der Waals surface area contributed by atoms with Gasteiger partial charge in [-0.3, -0.25) is 9.59 Å². The fourth-order valence-corrected chi connectivity index (χ4v) is 10.1. The van der Waals surface area contributed by atoms with Gasteiger partial charge in [0.05, 0.1) is 11.0 Å². The van der Waals surface area contributed by atoms with Crippen LogP contribution in [0.25, 0.3) is 0 Å². The van der Waals surface area contributed by atoms with Crippen molar-refractivity contribution in [2.45, 2.75) is 98.8 Å². The summed E-state index contributed by atoms with van der Waals surface area (Å²) in [6.45, 7) is 15.4. The van der Waals surface area contributed by atoms with Crippen LogP contribution in [0.1, 0.15) is 98.3 Å². The Labute approximate surface area is 226 Å². The van der Waals surface area contributed by atoms with Crippen LogP contribution in [0.15, 0.2) is 27.7 Å². The predicted octanol–water partition coefficient (Wildman–Crippen LogP) is 6.46. The normalized spacial score (nSPS) is 45.5. The summed E-state index contributed by atoms with van der Waals surface area (Å²) in [7, 11) is 0. The van der Waals surface area contributed by atoms with Gasteiger partial charge in [-0.15, -0.1) is 10.2 Å². The SMILES string of the molecule is Cc1nnc(C23CCC(C)(C)CC2C2C(=O)C=C4C5(C)C=C(C#N)C(=O)C(C)C5CCC4(C)C2(C)CC3)o1. The highest BCUT2D eigenvalue weighted by Crippen LogP contribution is 2.73. The van der Waals surface area contributed by atoms with Gasteiger partial charge in [-0.2, -0.15) is 5.26 Å². The smallest absolute Gasteiger partial charge is 0.222 e. The molecule has 1 aromatic rings. The van der Waals surface area contributed by atoms with Gasteiger partial charge in [-0.05, 0) is 79.1 Å². The number of rotatable bonds is 1. The van der Waals surface area contributed by atoms with Crippen molar-refractivity contribution in [3.05, 3.63) is 35.1 Å². The molecule has 202 valence electrons. The minimum Gasteiger partial charge on any atom is -0.425 e. The van der Waals surface area contributed by atoms with Crippen molar-refractivity contribution in [3.8, 4) is 6.07 Å². The van der Waals surface area contributed by atoms with Crippen molar-refractivity contribution in [1.82, 2.24) is 10.2 Å². The summed E-state index contributed by atoms with van der Waals surface area (Å²) in [4.78, 5) is 27.4. The monoisotopic (exact) mass is 515 g/mol. The first-order valence-corrected chi connectivity index (χ1v) is 14.5. The van der Waals surface area contributed by atoms with Gasteiger partial charge in [0.15, 0.2) is 11.6 Å². The molecule has 8 unspecified atom stereocenters. The van der Waals surface area contributed by atoms with Gasteiger partial charge in [-0.1, -0.05) is 53.2 Å². The van der Waals surface area contributed by atoms with Crippen molar-refractivity contribution in [1.29, 1.82) is 5.26 Å². The van der Waals surface area contributed by atoms with Crippen molar-refractivity contribution in [2.24, 2.45) is 45.3 Å². The number of fused-ring (bicyclic) bond motifs is 7. The zero-order valence-electron chi connectivity index (χ0n) is 24.0. The molecule has 6 heteroatoms. The summed E-state index contributed by atoms with van der Waals surface area (Å²) in [6, 6.07) is 2.17. The molecule has 8 atom stereocenters. The van der Waals surface area contributed by atoms with Gasteiger partial charge in [0.25, 0.3) is 0 Å². The van der Waals surface area contributed by atoms with E-state index in [2.05, 4.69) is 50.9 Å². The topological polar surface area (TPSA) is 96.9 Å². The molecule has 0 N–H and O–H groups in total. The fourth-order valence-electron chi connectivity index (χ4n) is 10.1. The van der Waals surface area contributed by atoms with E-state index in [9.17, 15) is 14.9 Å². The third-order valence-electron chi connectivity index (χ3n) is 12.5. The van der Waals surface area contributed by atoms with Crippen LogP contribution in [0.5, 0.6) is 0 Å². The zero-order valence-corrected chi connectivity index (χ0v) is 24.0. The van der Waals surface area contributed by atoms with E-state index >= 15 is 0 Å². The fraction of sp³-hybridized carbons (Fsp3) is 0.719. The van der Waals surface area contributed by atoms with Gasteiger partial charge >= 0.3 is 0 Å². The standard InChI is InChI=1S/C32H41N3O3/c1-18-21-8-9-30(6)24(29(21,5)15-20(17-33)26(18)37)14-23(36)25-22-16-28(3,4)10-12-32(22,13-11-31(25,30)7)27-35-34-19(2)38-27/h14-15,18,21-22,25H,8-13,16H2,1-7H3. The van der Waals surface area contributed by atoms with Crippen LogP contribution < -0.4 is 0 Å². The van der Waals surface area contributed by atoms with Crippen LogP contribution in [0, 0.1) is 63.6 Å². The number of Topliss-reactive ketones (excluding diaryl/α,β-unsaturated/α-hetero) is 1. The lowest BCUT2D eigenvalue weighted by atomic mass is 9.35. The highest BCUT2D eigenvalue weighted by Gasteiger charge is 2.70. The molecule has 5 aliphatic carbocycles. The van der Waals surface area contributed by atoms with E-state index in [-0.39, 0.29) is 62.5 Å². The van der Waals surface area contributed by atoms with Gasteiger partial charge in [0.1, 0.15) is 6.07 Å². The molecule has 0 bridgehead atoms. The van der Waals surface area contributed by atoms with Crippen LogP contribution in [0.2, 0.25) is 0 Å². The third kappa shape index (κ3) is 3.05. The molecular weight excluding hydrogens is 474 g/mol. The van der Waals surface area contributed by atoms with Crippen molar-refractivity contribution in [3.63, 3.8) is 0 Å². The Hall–Kier alpha value is -2.55. The van der Waals surface area contributed by atoms with Gasteiger partial charge < -0.3 is 4.42 Å². The summed E-state index contributed by atoms with van der Waals surface area (Å²) >= 11 is 0. The molecule has 6 rings (SSSR count). The summed E-state index contributed by atoms with van der Waals surface area (Å²) in [5, 5.41) is 18.6. The maximum Gasteiger partial charge on any atom is 0.222 e. The van der Waals surface area contributed by atoms with E-state index in [0.29, 0.717) is 5.89 Å². The van der Waals surface area contributed by atoms with E-state index < -0.39 is 5.41 Å². The molecule has 1 aromatic heterocycles. The number of nitrogens with zero attached hydrogens (tertiary/aromatic N) is 3. The van der Waals surface area contributed by atoms with Crippen LogP contribution in [0.4, 0.5) is 0 Å². The van der Waals surface area contributed by atoms with E-state index in [1.807, 2.05) is 26.0 Å². The molecule has 38 heavy (non-hydrogen) atoms. The molecule has 0 amide bonds. The summed E-state index contributed by atoms with van der Waals surface area (Å²) in [6.07, 6.45) is 10.6. The molecule has 1 heterocycles. The van der Waals surface area contributed by atoms with Gasteiger partial charge in [0, 0.05) is 24.2 Å². The lowest BCUT2D eigenvalue weighted by molar-refractivity contribution is -0.159. The molecule has 3 fully saturated rings. The number of aryl methyl sites for hydroxylation is 1. The number of ketones is 2. The summed E-state index contributed by atoms with van der Waals surface area (Å²) < 4.78 is 6.14. The maximum absolute atomic E-state index is 14.5. The number of nitriles is 1. The van der Waals surface area contributed by atoms with E-state index in [0.717, 1.165) is 56.4 Å². The van der Waals surface area contributed by atoms with Crippen LogP contribution >= 0.6 is 0 Å². The summed E-state index contributed by atoms with van der Waals surface area (Å²) in [5.41, 5.74) is 0.368. The Morgan fingerprint density at radius 3 is 2.37 bits per heavy atom. The third-order valence-corrected chi connectivity index (χ3v) is 12.5. The highest BCUT2D eigenvalue weighted by molar-refractivity contribution is 6.02. The largest absolute Gasteiger partial charge is 0.425 e. The molecular formula is C32H41N3O3. The first kappa shape index (κ1) is 25.7. The average Bonchev–Trinajstić information content (AvgIpc) is 3.29. The molecule has 0 spiro atoms. The minimum atomic E-state index is -0.473. The molecule has 0 radical (unpaired) electrons. The van der Waals surface area contributed by atoms with Crippen molar-refractivity contribution >= 4 is 11.6 Å². The first-order chi connectivity index (χ1) is 17.7. The van der Waals surface area contributed by atoms with Crippen molar-refractivity contribution < 1.29 is 14.0 Å². The molecule has 6 nitrogen and oxygen atoms in total. The number of aromatic nitrogens is 2. The van der Waals surface area contributed by atoms with E-state index in [1.54, 1.807) is 0 Å². The number of carbonyl (C=O) groups is 2. The number of carbonyl (C=O) groups excluding carboxylic acids is 2. The Bertz CT molecular complexity index is 1350. The Kier molecular flexibility index (Phi) is 5.26. The molecule has 3 saturated carbocycles. The van der Waals surface area contributed by atoms with Crippen LogP contribution in [-0.2, 0) is 15.0 Å². The quantitative estimate of drug-likeness (QED) is 0.426. The van der Waals surface area contributed by atoms with Gasteiger partial charge in [-0.25, -0.2) is 0 Å². The molecule has 0 aliphatic heterocycles. The second kappa shape index (κ2) is 7.77.